The van der Waals surface area contributed by atoms with Gasteiger partial charge >= 0.3 is 11.6 Å². The first-order valence-electron chi connectivity index (χ1n) is 14.7. The summed E-state index contributed by atoms with van der Waals surface area (Å²) in [4.78, 5) is 34.6. The SMILES string of the molecule is COc1cccc(CN2CCC(CC(=O)c3ccc(C(=O)N4CCC(Oc5ccc(C)cc5)CC4)nc3)CC2)c1.O=S=O. The Balaban J connectivity index is 0.00000135. The third-order valence-electron chi connectivity index (χ3n) is 8.08. The molecule has 10 heteroatoms. The van der Waals surface area contributed by atoms with Gasteiger partial charge in [0.1, 0.15) is 23.3 Å². The Morgan fingerprint density at radius 3 is 2.23 bits per heavy atom. The molecule has 0 aliphatic carbocycles. The molecular formula is C33H39N3O6S. The highest BCUT2D eigenvalue weighted by Gasteiger charge is 2.26. The van der Waals surface area contributed by atoms with Gasteiger partial charge in [0.15, 0.2) is 5.78 Å². The van der Waals surface area contributed by atoms with Gasteiger partial charge in [-0.15, -0.1) is 0 Å². The molecule has 0 saturated carbocycles. The average molecular weight is 606 g/mol. The minimum atomic E-state index is -0.750. The molecule has 0 radical (unpaired) electrons. The van der Waals surface area contributed by atoms with Crippen LogP contribution in [0.25, 0.3) is 0 Å². The number of aromatic nitrogens is 1. The number of amides is 1. The first-order valence-corrected chi connectivity index (χ1v) is 15.3. The molecule has 0 bridgehead atoms. The van der Waals surface area contributed by atoms with Crippen molar-refractivity contribution >= 4 is 23.3 Å². The Morgan fingerprint density at radius 2 is 1.60 bits per heavy atom. The fraction of sp³-hybridized carbons (Fsp3) is 0.424. The molecule has 2 aliphatic heterocycles. The van der Waals surface area contributed by atoms with Crippen molar-refractivity contribution < 1.29 is 27.5 Å². The zero-order chi connectivity index (χ0) is 30.6. The molecule has 2 fully saturated rings. The van der Waals surface area contributed by atoms with Gasteiger partial charge in [-0.25, -0.2) is 0 Å². The summed E-state index contributed by atoms with van der Waals surface area (Å²) in [5.74, 6) is 2.14. The number of rotatable bonds is 9. The normalized spacial score (nSPS) is 16.1. The quantitative estimate of drug-likeness (QED) is 0.317. The largest absolute Gasteiger partial charge is 0.497 e. The van der Waals surface area contributed by atoms with Crippen molar-refractivity contribution in [2.24, 2.45) is 5.92 Å². The first kappa shape index (κ1) is 32.0. The van der Waals surface area contributed by atoms with Crippen molar-refractivity contribution in [3.63, 3.8) is 0 Å². The minimum absolute atomic E-state index is 0.0869. The van der Waals surface area contributed by atoms with E-state index in [1.165, 1.54) is 11.1 Å². The van der Waals surface area contributed by atoms with Crippen LogP contribution in [-0.4, -0.2) is 74.3 Å². The molecular weight excluding hydrogens is 566 g/mol. The van der Waals surface area contributed by atoms with E-state index >= 15 is 0 Å². The van der Waals surface area contributed by atoms with Crippen molar-refractivity contribution in [2.75, 3.05) is 33.3 Å². The molecule has 0 N–H and O–H groups in total. The van der Waals surface area contributed by atoms with Gasteiger partial charge in [0, 0.05) is 50.7 Å². The lowest BCUT2D eigenvalue weighted by Crippen LogP contribution is -2.42. The molecule has 2 aliphatic rings. The van der Waals surface area contributed by atoms with Gasteiger partial charge in [0.2, 0.25) is 0 Å². The number of pyridine rings is 1. The van der Waals surface area contributed by atoms with E-state index in [2.05, 4.69) is 28.9 Å². The van der Waals surface area contributed by atoms with E-state index in [0.717, 1.165) is 56.8 Å². The summed E-state index contributed by atoms with van der Waals surface area (Å²) in [5.41, 5.74) is 3.42. The van der Waals surface area contributed by atoms with Crippen LogP contribution in [0.3, 0.4) is 0 Å². The maximum Gasteiger partial charge on any atom is 0.335 e. The van der Waals surface area contributed by atoms with Gasteiger partial charge in [-0.2, -0.15) is 8.42 Å². The van der Waals surface area contributed by atoms with Crippen LogP contribution < -0.4 is 9.47 Å². The lowest BCUT2D eigenvalue weighted by molar-refractivity contribution is 0.0589. The van der Waals surface area contributed by atoms with Crippen LogP contribution >= 0.6 is 0 Å². The zero-order valence-electron chi connectivity index (χ0n) is 24.8. The molecule has 1 aromatic heterocycles. The Kier molecular flexibility index (Phi) is 12.0. The highest BCUT2D eigenvalue weighted by molar-refractivity contribution is 7.51. The molecule has 0 atom stereocenters. The first-order chi connectivity index (χ1) is 20.9. The van der Waals surface area contributed by atoms with E-state index < -0.39 is 11.6 Å². The lowest BCUT2D eigenvalue weighted by atomic mass is 9.90. The number of aryl methyl sites for hydroxylation is 1. The summed E-state index contributed by atoms with van der Waals surface area (Å²) in [6, 6.07) is 19.7. The van der Waals surface area contributed by atoms with Crippen LogP contribution in [0, 0.1) is 12.8 Å². The number of ketones is 1. The molecule has 43 heavy (non-hydrogen) atoms. The Hall–Kier alpha value is -3.89. The second-order valence-corrected chi connectivity index (χ2v) is 11.3. The molecule has 2 aromatic carbocycles. The number of nitrogens with zero attached hydrogens (tertiary/aromatic N) is 3. The minimum Gasteiger partial charge on any atom is -0.497 e. The third kappa shape index (κ3) is 9.56. The van der Waals surface area contributed by atoms with E-state index in [1.54, 1.807) is 25.4 Å². The number of hydrogen-bond acceptors (Lipinski definition) is 8. The summed E-state index contributed by atoms with van der Waals surface area (Å²) in [7, 11) is 1.69. The second-order valence-electron chi connectivity index (χ2n) is 11.1. The highest BCUT2D eigenvalue weighted by atomic mass is 32.1. The fourth-order valence-electron chi connectivity index (χ4n) is 5.59. The Morgan fingerprint density at radius 1 is 0.907 bits per heavy atom. The molecule has 9 nitrogen and oxygen atoms in total. The van der Waals surface area contributed by atoms with Crippen molar-refractivity contribution in [1.82, 2.24) is 14.8 Å². The van der Waals surface area contributed by atoms with Crippen LogP contribution in [0.5, 0.6) is 11.5 Å². The van der Waals surface area contributed by atoms with E-state index in [-0.39, 0.29) is 17.8 Å². The molecule has 5 rings (SSSR count). The highest BCUT2D eigenvalue weighted by Crippen LogP contribution is 2.25. The van der Waals surface area contributed by atoms with Gasteiger partial charge in [0.05, 0.1) is 7.11 Å². The number of benzene rings is 2. The summed E-state index contributed by atoms with van der Waals surface area (Å²) in [6.07, 6.45) is 5.78. The van der Waals surface area contributed by atoms with Crippen LogP contribution in [0.4, 0.5) is 0 Å². The zero-order valence-corrected chi connectivity index (χ0v) is 25.6. The molecule has 0 spiro atoms. The van der Waals surface area contributed by atoms with Gasteiger partial charge in [0.25, 0.3) is 5.91 Å². The monoisotopic (exact) mass is 605 g/mol. The number of methoxy groups -OCH3 is 1. The number of carbonyl (C=O) groups excluding carboxylic acids is 2. The lowest BCUT2D eigenvalue weighted by Gasteiger charge is -2.32. The Labute approximate surface area is 256 Å². The number of likely N-dealkylation sites (tertiary alicyclic amines) is 2. The standard InChI is InChI=1S/C33H39N3O4.O2S/c1-24-6-9-28(10-7-24)40-29-14-18-36(19-15-29)33(38)31-11-8-27(22-34-31)32(37)21-25-12-16-35(17-13-25)23-26-4-3-5-30(20-26)39-2;1-3-2/h3-11,20,22,25,29H,12-19,21,23H2,1-2H3;. The smallest absolute Gasteiger partial charge is 0.335 e. The van der Waals surface area contributed by atoms with E-state index in [9.17, 15) is 9.59 Å². The molecule has 0 unspecified atom stereocenters. The van der Waals surface area contributed by atoms with Crippen LogP contribution in [0.2, 0.25) is 0 Å². The average Bonchev–Trinajstić information content (AvgIpc) is 3.04. The molecule has 3 aromatic rings. The maximum atomic E-state index is 13.0. The molecule has 228 valence electrons. The van der Waals surface area contributed by atoms with Gasteiger partial charge < -0.3 is 14.4 Å². The van der Waals surface area contributed by atoms with Crippen molar-refractivity contribution in [3.8, 4) is 11.5 Å². The van der Waals surface area contributed by atoms with Crippen molar-refractivity contribution in [3.05, 3.63) is 89.2 Å². The fourth-order valence-corrected chi connectivity index (χ4v) is 5.59. The predicted octanol–water partition coefficient (Wildman–Crippen LogP) is 4.90. The predicted molar refractivity (Wildman–Crippen MR) is 164 cm³/mol. The van der Waals surface area contributed by atoms with E-state index in [0.29, 0.717) is 36.7 Å². The van der Waals surface area contributed by atoms with Gasteiger partial charge in [-0.05, 0) is 80.7 Å². The number of carbonyl (C=O) groups is 2. The third-order valence-corrected chi connectivity index (χ3v) is 8.08. The van der Waals surface area contributed by atoms with E-state index in [1.807, 2.05) is 41.3 Å². The van der Waals surface area contributed by atoms with Crippen LogP contribution in [0.1, 0.15) is 64.1 Å². The van der Waals surface area contributed by atoms with Crippen molar-refractivity contribution in [2.45, 2.75) is 51.7 Å². The van der Waals surface area contributed by atoms with E-state index in [4.69, 9.17) is 17.9 Å². The number of hydrogen-bond donors (Lipinski definition) is 0. The van der Waals surface area contributed by atoms with Gasteiger partial charge in [-0.1, -0.05) is 29.8 Å². The number of Topliss-reactive ketones (excluding diaryl/α,β-unsaturated/α-hetero) is 1. The maximum absolute atomic E-state index is 13.0. The van der Waals surface area contributed by atoms with Crippen LogP contribution in [-0.2, 0) is 18.1 Å². The topological polar surface area (TPSA) is 106 Å². The molecule has 3 heterocycles. The number of ether oxygens (including phenoxy) is 2. The molecule has 1 amide bonds. The summed E-state index contributed by atoms with van der Waals surface area (Å²) in [5, 5.41) is 0. The van der Waals surface area contributed by atoms with Gasteiger partial charge in [-0.3, -0.25) is 19.5 Å². The summed E-state index contributed by atoms with van der Waals surface area (Å²) >= 11 is -0.750. The number of piperidine rings is 2. The summed E-state index contributed by atoms with van der Waals surface area (Å²) < 4.78 is 28.0. The van der Waals surface area contributed by atoms with Crippen molar-refractivity contribution in [1.29, 1.82) is 0 Å². The summed E-state index contributed by atoms with van der Waals surface area (Å²) in [6.45, 7) is 6.18. The molecule has 2 saturated heterocycles. The Bertz CT molecular complexity index is 1380. The second kappa shape index (κ2) is 16.1. The van der Waals surface area contributed by atoms with Crippen LogP contribution in [0.15, 0.2) is 66.9 Å².